The van der Waals surface area contributed by atoms with Gasteiger partial charge in [0.15, 0.2) is 11.5 Å². The summed E-state index contributed by atoms with van der Waals surface area (Å²) in [6.45, 7) is 5.96. The van der Waals surface area contributed by atoms with Crippen LogP contribution in [-0.4, -0.2) is 19.8 Å². The van der Waals surface area contributed by atoms with Gasteiger partial charge in [0.1, 0.15) is 5.75 Å². The highest BCUT2D eigenvalue weighted by atomic mass is 16.5. The lowest BCUT2D eigenvalue weighted by Crippen LogP contribution is -2.06. The monoisotopic (exact) mass is 326 g/mol. The number of aryl methyl sites for hydroxylation is 3. The fourth-order valence-corrected chi connectivity index (χ4v) is 3.07. The lowest BCUT2D eigenvalue weighted by atomic mass is 10.1. The van der Waals surface area contributed by atoms with Crippen LogP contribution >= 0.6 is 0 Å². The molecule has 0 unspecified atom stereocenters. The Hall–Kier alpha value is -2.16. The summed E-state index contributed by atoms with van der Waals surface area (Å²) in [6.07, 6.45) is 4.51. The molecule has 0 bridgehead atoms. The summed E-state index contributed by atoms with van der Waals surface area (Å²) < 4.78 is 17.3. The van der Waals surface area contributed by atoms with Crippen molar-refractivity contribution < 1.29 is 14.2 Å². The van der Waals surface area contributed by atoms with Gasteiger partial charge < -0.3 is 14.2 Å². The number of fused-ring (bicyclic) bond motifs is 1. The van der Waals surface area contributed by atoms with E-state index in [-0.39, 0.29) is 0 Å². The highest BCUT2D eigenvalue weighted by molar-refractivity contribution is 5.42. The number of ether oxygens (including phenoxy) is 3. The van der Waals surface area contributed by atoms with Gasteiger partial charge in [-0.1, -0.05) is 12.1 Å². The molecule has 2 aromatic rings. The Bertz CT molecular complexity index is 679. The van der Waals surface area contributed by atoms with E-state index in [4.69, 9.17) is 14.2 Å². The maximum atomic E-state index is 5.85. The maximum absolute atomic E-state index is 5.85. The molecule has 24 heavy (non-hydrogen) atoms. The molecule has 3 rings (SSSR count). The van der Waals surface area contributed by atoms with Crippen molar-refractivity contribution in [2.24, 2.45) is 0 Å². The Balaban J connectivity index is 1.44. The van der Waals surface area contributed by atoms with Crippen molar-refractivity contribution >= 4 is 0 Å². The lowest BCUT2D eigenvalue weighted by Gasteiger charge is -2.13. The van der Waals surface area contributed by atoms with Crippen LogP contribution in [0.2, 0.25) is 0 Å². The highest BCUT2D eigenvalue weighted by Crippen LogP contribution is 2.28. The number of benzene rings is 2. The zero-order valence-corrected chi connectivity index (χ0v) is 14.6. The average molecular weight is 326 g/mol. The first-order valence-corrected chi connectivity index (χ1v) is 8.87. The topological polar surface area (TPSA) is 27.7 Å². The average Bonchev–Trinajstić information content (AvgIpc) is 3.04. The molecule has 0 spiro atoms. The van der Waals surface area contributed by atoms with Gasteiger partial charge in [0.2, 0.25) is 0 Å². The van der Waals surface area contributed by atoms with Crippen molar-refractivity contribution in [3.8, 4) is 17.2 Å². The zero-order valence-electron chi connectivity index (χ0n) is 14.6. The molecule has 0 aliphatic heterocycles. The van der Waals surface area contributed by atoms with Crippen LogP contribution < -0.4 is 14.2 Å². The molecule has 1 aliphatic carbocycles. The van der Waals surface area contributed by atoms with Crippen molar-refractivity contribution in [3.05, 3.63) is 53.1 Å². The molecule has 0 radical (unpaired) electrons. The van der Waals surface area contributed by atoms with Crippen LogP contribution in [0.1, 0.15) is 36.5 Å². The van der Waals surface area contributed by atoms with E-state index in [0.717, 1.165) is 23.7 Å². The maximum Gasteiger partial charge on any atom is 0.161 e. The first-order valence-electron chi connectivity index (χ1n) is 8.87. The van der Waals surface area contributed by atoms with Crippen molar-refractivity contribution in [2.75, 3.05) is 19.8 Å². The van der Waals surface area contributed by atoms with Gasteiger partial charge in [-0.05, 0) is 74.1 Å². The molecule has 0 N–H and O–H groups in total. The molecule has 3 nitrogen and oxygen atoms in total. The molecular weight excluding hydrogens is 300 g/mol. The van der Waals surface area contributed by atoms with Crippen LogP contribution in [0, 0.1) is 6.92 Å². The second-order valence-corrected chi connectivity index (χ2v) is 6.22. The molecule has 2 aromatic carbocycles. The van der Waals surface area contributed by atoms with Gasteiger partial charge in [0, 0.05) is 6.42 Å². The number of hydrogen-bond donors (Lipinski definition) is 0. The Morgan fingerprint density at radius 3 is 2.54 bits per heavy atom. The van der Waals surface area contributed by atoms with Gasteiger partial charge in [-0.2, -0.15) is 0 Å². The smallest absolute Gasteiger partial charge is 0.161 e. The van der Waals surface area contributed by atoms with Crippen LogP contribution in [0.5, 0.6) is 17.2 Å². The molecule has 0 heterocycles. The minimum atomic E-state index is 0.619. The summed E-state index contributed by atoms with van der Waals surface area (Å²) in [5, 5.41) is 0. The van der Waals surface area contributed by atoms with Crippen molar-refractivity contribution in [3.63, 3.8) is 0 Å². The molecule has 3 heteroatoms. The van der Waals surface area contributed by atoms with Gasteiger partial charge in [0.25, 0.3) is 0 Å². The summed E-state index contributed by atoms with van der Waals surface area (Å²) in [6, 6.07) is 12.5. The third kappa shape index (κ3) is 4.22. The number of hydrogen-bond acceptors (Lipinski definition) is 3. The molecule has 128 valence electrons. The summed E-state index contributed by atoms with van der Waals surface area (Å²) in [5.41, 5.74) is 4.10. The first-order chi connectivity index (χ1) is 11.8. The Labute approximate surface area is 144 Å². The SMILES string of the molecule is CCOc1cc(C)ccc1OCCCOc1ccc2c(c1)CCC2. The minimum absolute atomic E-state index is 0.619. The van der Waals surface area contributed by atoms with E-state index in [0.29, 0.717) is 19.8 Å². The van der Waals surface area contributed by atoms with Crippen molar-refractivity contribution in [2.45, 2.75) is 39.5 Å². The van der Waals surface area contributed by atoms with Gasteiger partial charge in [-0.15, -0.1) is 0 Å². The van der Waals surface area contributed by atoms with E-state index in [2.05, 4.69) is 25.1 Å². The van der Waals surface area contributed by atoms with E-state index in [9.17, 15) is 0 Å². The zero-order chi connectivity index (χ0) is 16.8. The van der Waals surface area contributed by atoms with Crippen LogP contribution in [0.15, 0.2) is 36.4 Å². The molecule has 0 fully saturated rings. The van der Waals surface area contributed by atoms with Gasteiger partial charge in [-0.25, -0.2) is 0 Å². The normalized spacial score (nSPS) is 12.8. The molecule has 0 saturated heterocycles. The molecule has 0 aromatic heterocycles. The van der Waals surface area contributed by atoms with Crippen LogP contribution in [0.4, 0.5) is 0 Å². The second kappa shape index (κ2) is 8.09. The fourth-order valence-electron chi connectivity index (χ4n) is 3.07. The predicted molar refractivity (Wildman–Crippen MR) is 96.4 cm³/mol. The molecule has 0 saturated carbocycles. The second-order valence-electron chi connectivity index (χ2n) is 6.22. The van der Waals surface area contributed by atoms with Crippen LogP contribution in [0.25, 0.3) is 0 Å². The van der Waals surface area contributed by atoms with E-state index < -0.39 is 0 Å². The largest absolute Gasteiger partial charge is 0.493 e. The van der Waals surface area contributed by atoms with Gasteiger partial charge in [-0.3, -0.25) is 0 Å². The van der Waals surface area contributed by atoms with Crippen LogP contribution in [0.3, 0.4) is 0 Å². The van der Waals surface area contributed by atoms with E-state index in [1.54, 1.807) is 0 Å². The van der Waals surface area contributed by atoms with Crippen molar-refractivity contribution in [1.82, 2.24) is 0 Å². The molecule has 0 atom stereocenters. The Morgan fingerprint density at radius 2 is 1.67 bits per heavy atom. The lowest BCUT2D eigenvalue weighted by molar-refractivity contribution is 0.236. The van der Waals surface area contributed by atoms with Gasteiger partial charge in [0.05, 0.1) is 19.8 Å². The standard InChI is InChI=1S/C21H26O3/c1-3-22-21-14-16(2)8-11-20(21)24-13-5-12-23-19-10-9-17-6-4-7-18(17)15-19/h8-11,14-15H,3-7,12-13H2,1-2H3. The predicted octanol–water partition coefficient (Wildman–Crippen LogP) is 4.73. The molecule has 0 amide bonds. The summed E-state index contributed by atoms with van der Waals surface area (Å²) in [7, 11) is 0. The Morgan fingerprint density at radius 1 is 0.833 bits per heavy atom. The van der Waals surface area contributed by atoms with Crippen molar-refractivity contribution in [1.29, 1.82) is 0 Å². The third-order valence-electron chi connectivity index (χ3n) is 4.28. The van der Waals surface area contributed by atoms with Gasteiger partial charge >= 0.3 is 0 Å². The van der Waals surface area contributed by atoms with E-state index >= 15 is 0 Å². The minimum Gasteiger partial charge on any atom is -0.493 e. The summed E-state index contributed by atoms with van der Waals surface area (Å²) >= 11 is 0. The quantitative estimate of drug-likeness (QED) is 0.656. The fraction of sp³-hybridized carbons (Fsp3) is 0.429. The van der Waals surface area contributed by atoms with Crippen LogP contribution in [-0.2, 0) is 12.8 Å². The first kappa shape index (κ1) is 16.7. The highest BCUT2D eigenvalue weighted by Gasteiger charge is 2.11. The summed E-state index contributed by atoms with van der Waals surface area (Å²) in [5.74, 6) is 2.60. The van der Waals surface area contributed by atoms with E-state index in [1.807, 2.05) is 25.1 Å². The summed E-state index contributed by atoms with van der Waals surface area (Å²) in [4.78, 5) is 0. The number of rotatable bonds is 8. The van der Waals surface area contributed by atoms with E-state index in [1.165, 1.54) is 36.0 Å². The molecular formula is C21H26O3. The molecule has 1 aliphatic rings. The third-order valence-corrected chi connectivity index (χ3v) is 4.28. The Kier molecular flexibility index (Phi) is 5.63.